The second kappa shape index (κ2) is 9.75. The van der Waals surface area contributed by atoms with Crippen molar-refractivity contribution in [2.24, 2.45) is 5.84 Å². The Kier molecular flexibility index (Phi) is 9.49. The molecule has 0 amide bonds. The maximum atomic E-state index is 5.32. The van der Waals surface area contributed by atoms with Gasteiger partial charge in [0, 0.05) is 6.04 Å². The van der Waals surface area contributed by atoms with Gasteiger partial charge in [-0.3, -0.25) is 11.3 Å². The zero-order chi connectivity index (χ0) is 9.94. The summed E-state index contributed by atoms with van der Waals surface area (Å²) in [5, 5.41) is 0. The van der Waals surface area contributed by atoms with Gasteiger partial charge in [-0.15, -0.1) is 6.58 Å². The zero-order valence-electron chi connectivity index (χ0n) is 8.89. The number of hydrogen-bond donors (Lipinski definition) is 2. The summed E-state index contributed by atoms with van der Waals surface area (Å²) >= 11 is 0. The highest BCUT2D eigenvalue weighted by Gasteiger charge is 1.99. The van der Waals surface area contributed by atoms with Crippen LogP contribution in [0.2, 0.25) is 0 Å². The smallest absolute Gasteiger partial charge is 0.0387 e. The standard InChI is InChI=1S/C11H24N2/c1-3-5-6-7-8-9-10-11(4-2)13-12/h4,11,13H,2-3,5-10,12H2,1H3. The summed E-state index contributed by atoms with van der Waals surface area (Å²) in [6.45, 7) is 5.96. The predicted octanol–water partition coefficient (Wildman–Crippen LogP) is 2.75. The van der Waals surface area contributed by atoms with Crippen LogP contribution in [0.4, 0.5) is 0 Å². The van der Waals surface area contributed by atoms with E-state index in [2.05, 4.69) is 18.9 Å². The number of nitrogens with two attached hydrogens (primary N) is 1. The van der Waals surface area contributed by atoms with Crippen molar-refractivity contribution in [2.45, 2.75) is 57.9 Å². The van der Waals surface area contributed by atoms with Gasteiger partial charge in [0.1, 0.15) is 0 Å². The van der Waals surface area contributed by atoms with Gasteiger partial charge in [0.05, 0.1) is 0 Å². The lowest BCUT2D eigenvalue weighted by molar-refractivity contribution is 0.520. The average Bonchev–Trinajstić information content (AvgIpc) is 2.17. The van der Waals surface area contributed by atoms with Crippen LogP contribution in [0.3, 0.4) is 0 Å². The highest BCUT2D eigenvalue weighted by atomic mass is 15.2. The van der Waals surface area contributed by atoms with Crippen molar-refractivity contribution in [2.75, 3.05) is 0 Å². The van der Waals surface area contributed by atoms with Gasteiger partial charge >= 0.3 is 0 Å². The Morgan fingerprint density at radius 2 is 1.85 bits per heavy atom. The number of rotatable bonds is 9. The Balaban J connectivity index is 3.10. The van der Waals surface area contributed by atoms with E-state index in [4.69, 9.17) is 5.84 Å². The molecule has 0 radical (unpaired) electrons. The summed E-state index contributed by atoms with van der Waals surface area (Å²) < 4.78 is 0. The molecule has 0 saturated carbocycles. The Bertz CT molecular complexity index is 113. The molecule has 2 heteroatoms. The van der Waals surface area contributed by atoms with Crippen molar-refractivity contribution in [1.29, 1.82) is 0 Å². The summed E-state index contributed by atoms with van der Waals surface area (Å²) in [4.78, 5) is 0. The minimum Gasteiger partial charge on any atom is -0.271 e. The van der Waals surface area contributed by atoms with Gasteiger partial charge in [-0.2, -0.15) is 0 Å². The quantitative estimate of drug-likeness (QED) is 0.250. The van der Waals surface area contributed by atoms with E-state index in [-0.39, 0.29) is 0 Å². The summed E-state index contributed by atoms with van der Waals surface area (Å²) in [5.41, 5.74) is 2.74. The number of nitrogens with one attached hydrogen (secondary N) is 1. The Labute approximate surface area is 82.6 Å². The SMILES string of the molecule is C=CC(CCCCCCCC)NN. The summed E-state index contributed by atoms with van der Waals surface area (Å²) in [5.74, 6) is 5.32. The monoisotopic (exact) mass is 184 g/mol. The molecule has 0 aromatic carbocycles. The maximum Gasteiger partial charge on any atom is 0.0387 e. The lowest BCUT2D eigenvalue weighted by Gasteiger charge is -2.09. The van der Waals surface area contributed by atoms with Crippen LogP contribution >= 0.6 is 0 Å². The predicted molar refractivity (Wildman–Crippen MR) is 59.3 cm³/mol. The van der Waals surface area contributed by atoms with Crippen LogP contribution in [-0.4, -0.2) is 6.04 Å². The van der Waals surface area contributed by atoms with E-state index in [0.717, 1.165) is 6.42 Å². The van der Waals surface area contributed by atoms with Crippen molar-refractivity contribution in [1.82, 2.24) is 5.43 Å². The molecule has 13 heavy (non-hydrogen) atoms. The molecule has 0 aliphatic carbocycles. The van der Waals surface area contributed by atoms with Crippen LogP contribution in [0, 0.1) is 0 Å². The van der Waals surface area contributed by atoms with E-state index < -0.39 is 0 Å². The third-order valence-electron chi connectivity index (χ3n) is 2.37. The second-order valence-electron chi connectivity index (χ2n) is 3.57. The minimum absolute atomic E-state index is 0.297. The molecular weight excluding hydrogens is 160 g/mol. The average molecular weight is 184 g/mol. The molecule has 0 spiro atoms. The van der Waals surface area contributed by atoms with Crippen LogP contribution in [-0.2, 0) is 0 Å². The molecule has 78 valence electrons. The van der Waals surface area contributed by atoms with Gasteiger partial charge in [-0.1, -0.05) is 51.5 Å². The fraction of sp³-hybridized carbons (Fsp3) is 0.818. The third-order valence-corrected chi connectivity index (χ3v) is 2.37. The van der Waals surface area contributed by atoms with Crippen LogP contribution in [0.1, 0.15) is 51.9 Å². The fourth-order valence-electron chi connectivity index (χ4n) is 1.41. The van der Waals surface area contributed by atoms with E-state index in [9.17, 15) is 0 Å². The highest BCUT2D eigenvalue weighted by molar-refractivity contribution is 4.83. The first-order chi connectivity index (χ1) is 6.35. The number of hydrazine groups is 1. The topological polar surface area (TPSA) is 38.0 Å². The van der Waals surface area contributed by atoms with Crippen LogP contribution in [0.5, 0.6) is 0 Å². The summed E-state index contributed by atoms with van der Waals surface area (Å²) in [7, 11) is 0. The van der Waals surface area contributed by atoms with Gasteiger partial charge in [-0.25, -0.2) is 0 Å². The van der Waals surface area contributed by atoms with Crippen LogP contribution in [0.25, 0.3) is 0 Å². The Hall–Kier alpha value is -0.340. The molecule has 1 atom stereocenters. The molecule has 0 rings (SSSR count). The van der Waals surface area contributed by atoms with Crippen molar-refractivity contribution in [3.05, 3.63) is 12.7 Å². The maximum absolute atomic E-state index is 5.32. The molecule has 0 heterocycles. The van der Waals surface area contributed by atoms with E-state index >= 15 is 0 Å². The van der Waals surface area contributed by atoms with E-state index in [1.807, 2.05) is 6.08 Å². The first-order valence-corrected chi connectivity index (χ1v) is 5.43. The Morgan fingerprint density at radius 1 is 1.23 bits per heavy atom. The summed E-state index contributed by atoms with van der Waals surface area (Å²) in [6, 6.07) is 0.297. The molecular formula is C11H24N2. The molecule has 0 aliphatic rings. The van der Waals surface area contributed by atoms with Crippen molar-refractivity contribution >= 4 is 0 Å². The largest absolute Gasteiger partial charge is 0.271 e. The van der Waals surface area contributed by atoms with Gasteiger partial charge in [0.25, 0.3) is 0 Å². The molecule has 0 aromatic heterocycles. The lowest BCUT2D eigenvalue weighted by Crippen LogP contribution is -2.33. The number of unbranched alkanes of at least 4 members (excludes halogenated alkanes) is 5. The Morgan fingerprint density at radius 3 is 2.38 bits per heavy atom. The van der Waals surface area contributed by atoms with Crippen LogP contribution < -0.4 is 11.3 Å². The highest BCUT2D eigenvalue weighted by Crippen LogP contribution is 2.08. The van der Waals surface area contributed by atoms with E-state index in [1.165, 1.54) is 38.5 Å². The second-order valence-corrected chi connectivity index (χ2v) is 3.57. The van der Waals surface area contributed by atoms with Crippen molar-refractivity contribution in [3.8, 4) is 0 Å². The van der Waals surface area contributed by atoms with Crippen molar-refractivity contribution in [3.63, 3.8) is 0 Å². The molecule has 0 saturated heterocycles. The molecule has 0 fully saturated rings. The normalized spacial score (nSPS) is 12.8. The lowest BCUT2D eigenvalue weighted by atomic mass is 10.1. The molecule has 0 aliphatic heterocycles. The number of hydrogen-bond acceptors (Lipinski definition) is 2. The molecule has 0 bridgehead atoms. The molecule has 2 nitrogen and oxygen atoms in total. The van der Waals surface area contributed by atoms with Crippen molar-refractivity contribution < 1.29 is 0 Å². The van der Waals surface area contributed by atoms with E-state index in [1.54, 1.807) is 0 Å². The molecule has 0 aromatic rings. The van der Waals surface area contributed by atoms with Crippen LogP contribution in [0.15, 0.2) is 12.7 Å². The zero-order valence-corrected chi connectivity index (χ0v) is 8.89. The van der Waals surface area contributed by atoms with Gasteiger partial charge in [0.15, 0.2) is 0 Å². The van der Waals surface area contributed by atoms with Gasteiger partial charge in [-0.05, 0) is 6.42 Å². The third kappa shape index (κ3) is 8.00. The van der Waals surface area contributed by atoms with Gasteiger partial charge in [0.2, 0.25) is 0 Å². The first-order valence-electron chi connectivity index (χ1n) is 5.43. The first kappa shape index (κ1) is 12.7. The minimum atomic E-state index is 0.297. The van der Waals surface area contributed by atoms with E-state index in [0.29, 0.717) is 6.04 Å². The van der Waals surface area contributed by atoms with Gasteiger partial charge < -0.3 is 0 Å². The fourth-order valence-corrected chi connectivity index (χ4v) is 1.41. The molecule has 3 N–H and O–H groups in total. The molecule has 1 unspecified atom stereocenters. The summed E-state index contributed by atoms with van der Waals surface area (Å²) in [6.07, 6.45) is 11.0.